The van der Waals surface area contributed by atoms with E-state index in [1.807, 2.05) is 6.20 Å². The third-order valence-electron chi connectivity index (χ3n) is 4.19. The van der Waals surface area contributed by atoms with Gasteiger partial charge in [0.15, 0.2) is 0 Å². The molecular weight excluding hydrogens is 288 g/mol. The molecule has 0 amide bonds. The molecule has 0 unspecified atom stereocenters. The maximum atomic E-state index is 4.51. The Labute approximate surface area is 139 Å². The number of aromatic nitrogens is 1. The molecule has 3 heteroatoms. The molecule has 1 aromatic heterocycles. The number of unbranched alkanes of at least 4 members (excludes halogenated alkanes) is 1. The average molecular weight is 317 g/mol. The fourth-order valence-electron chi connectivity index (χ4n) is 2.62. The number of hydrogen-bond donors (Lipinski definition) is 0. The lowest BCUT2D eigenvalue weighted by Crippen LogP contribution is -2.23. The van der Waals surface area contributed by atoms with Crippen molar-refractivity contribution in [2.45, 2.75) is 46.5 Å². The molecule has 0 N–H and O–H groups in total. The van der Waals surface area contributed by atoms with Crippen LogP contribution in [0.2, 0.25) is 0 Å². The Hall–Kier alpha value is -1.19. The molecule has 120 valence electrons. The van der Waals surface area contributed by atoms with Gasteiger partial charge in [-0.3, -0.25) is 0 Å². The van der Waals surface area contributed by atoms with Crippen LogP contribution in [-0.2, 0) is 12.8 Å². The first-order valence-electron chi connectivity index (χ1n) is 8.53. The highest BCUT2D eigenvalue weighted by Gasteiger charge is 2.04. The molecule has 0 atom stereocenters. The third-order valence-corrected chi connectivity index (χ3v) is 5.38. The van der Waals surface area contributed by atoms with Crippen molar-refractivity contribution < 1.29 is 0 Å². The maximum absolute atomic E-state index is 4.51. The second-order valence-electron chi connectivity index (χ2n) is 5.67. The van der Waals surface area contributed by atoms with E-state index in [1.54, 1.807) is 11.3 Å². The van der Waals surface area contributed by atoms with Crippen LogP contribution < -0.4 is 0 Å². The molecule has 2 nitrogen and oxygen atoms in total. The van der Waals surface area contributed by atoms with Crippen LogP contribution in [-0.4, -0.2) is 29.5 Å². The number of thiazole rings is 1. The van der Waals surface area contributed by atoms with Gasteiger partial charge < -0.3 is 4.90 Å². The van der Waals surface area contributed by atoms with Crippen LogP contribution in [0, 0.1) is 0 Å². The predicted octanol–water partition coefficient (Wildman–Crippen LogP) is 5.04. The van der Waals surface area contributed by atoms with Gasteiger partial charge in [-0.2, -0.15) is 0 Å². The molecule has 1 aromatic carbocycles. The second kappa shape index (κ2) is 9.06. The monoisotopic (exact) mass is 316 g/mol. The van der Waals surface area contributed by atoms with Crippen LogP contribution in [0.15, 0.2) is 30.5 Å². The number of aryl methyl sites for hydroxylation is 2. The number of benzene rings is 1. The molecule has 1 heterocycles. The summed E-state index contributed by atoms with van der Waals surface area (Å²) in [4.78, 5) is 8.37. The number of hydrogen-bond acceptors (Lipinski definition) is 3. The zero-order valence-corrected chi connectivity index (χ0v) is 15.0. The Morgan fingerprint density at radius 2 is 1.73 bits per heavy atom. The van der Waals surface area contributed by atoms with Gasteiger partial charge in [0.2, 0.25) is 0 Å². The van der Waals surface area contributed by atoms with E-state index in [9.17, 15) is 0 Å². The molecule has 0 fully saturated rings. The summed E-state index contributed by atoms with van der Waals surface area (Å²) in [7, 11) is 0. The lowest BCUT2D eigenvalue weighted by Gasteiger charge is -2.17. The Morgan fingerprint density at radius 3 is 2.32 bits per heavy atom. The molecule has 0 aliphatic rings. The molecule has 0 aliphatic heterocycles. The molecule has 2 rings (SSSR count). The molecular formula is C19H28N2S. The Kier molecular flexibility index (Phi) is 7.07. The summed E-state index contributed by atoms with van der Waals surface area (Å²) in [5.74, 6) is 0. The number of nitrogens with zero attached hydrogens (tertiary/aromatic N) is 2. The van der Waals surface area contributed by atoms with Crippen LogP contribution in [0.3, 0.4) is 0 Å². The fourth-order valence-corrected chi connectivity index (χ4v) is 3.48. The molecule has 0 radical (unpaired) electrons. The van der Waals surface area contributed by atoms with E-state index in [-0.39, 0.29) is 0 Å². The lowest BCUT2D eigenvalue weighted by atomic mass is 10.1. The van der Waals surface area contributed by atoms with E-state index in [1.165, 1.54) is 54.9 Å². The summed E-state index contributed by atoms with van der Waals surface area (Å²) < 4.78 is 0. The van der Waals surface area contributed by atoms with Gasteiger partial charge in [0.1, 0.15) is 5.01 Å². The molecule has 0 spiro atoms. The average Bonchev–Trinajstić information content (AvgIpc) is 3.05. The minimum atomic E-state index is 1.07. The summed E-state index contributed by atoms with van der Waals surface area (Å²) in [6, 6.07) is 8.97. The van der Waals surface area contributed by atoms with Gasteiger partial charge in [0, 0.05) is 16.6 Å². The second-order valence-corrected chi connectivity index (χ2v) is 6.78. The molecule has 0 aliphatic carbocycles. The minimum Gasteiger partial charge on any atom is -0.304 e. The normalized spacial score (nSPS) is 11.3. The van der Waals surface area contributed by atoms with Crippen LogP contribution in [0.1, 0.15) is 44.1 Å². The summed E-state index contributed by atoms with van der Waals surface area (Å²) >= 11 is 1.80. The molecule has 0 bridgehead atoms. The lowest BCUT2D eigenvalue weighted by molar-refractivity contribution is 0.297. The fraction of sp³-hybridized carbons (Fsp3) is 0.526. The zero-order chi connectivity index (χ0) is 15.8. The van der Waals surface area contributed by atoms with E-state index in [0.717, 1.165) is 11.4 Å². The van der Waals surface area contributed by atoms with Gasteiger partial charge in [0.25, 0.3) is 0 Å². The molecule has 0 saturated heterocycles. The number of rotatable bonds is 9. The largest absolute Gasteiger partial charge is 0.304 e. The Balaban J connectivity index is 1.82. The van der Waals surface area contributed by atoms with Gasteiger partial charge in [0.05, 0.1) is 0 Å². The Bertz CT molecular complexity index is 541. The van der Waals surface area contributed by atoms with Gasteiger partial charge >= 0.3 is 0 Å². The van der Waals surface area contributed by atoms with Crippen molar-refractivity contribution in [3.05, 3.63) is 40.9 Å². The highest BCUT2D eigenvalue weighted by atomic mass is 32.1. The van der Waals surface area contributed by atoms with Crippen LogP contribution in [0.25, 0.3) is 10.6 Å². The summed E-state index contributed by atoms with van der Waals surface area (Å²) in [6.07, 6.45) is 6.81. The van der Waals surface area contributed by atoms with Crippen molar-refractivity contribution in [1.29, 1.82) is 0 Å². The molecule has 2 aromatic rings. The topological polar surface area (TPSA) is 16.1 Å². The SMILES string of the molecule is CCc1cnc(-c2ccc(CCCCN(CC)CC)cc2)s1. The van der Waals surface area contributed by atoms with Crippen molar-refractivity contribution >= 4 is 11.3 Å². The first kappa shape index (κ1) is 17.2. The molecule has 22 heavy (non-hydrogen) atoms. The van der Waals surface area contributed by atoms with Crippen molar-refractivity contribution in [2.24, 2.45) is 0 Å². The van der Waals surface area contributed by atoms with Crippen molar-refractivity contribution in [3.8, 4) is 10.6 Å². The van der Waals surface area contributed by atoms with E-state index in [2.05, 4.69) is 54.9 Å². The van der Waals surface area contributed by atoms with Crippen LogP contribution in [0.5, 0.6) is 0 Å². The van der Waals surface area contributed by atoms with Crippen LogP contribution >= 0.6 is 11.3 Å². The van der Waals surface area contributed by atoms with E-state index in [0.29, 0.717) is 0 Å². The quantitative estimate of drug-likeness (QED) is 0.603. The highest BCUT2D eigenvalue weighted by Crippen LogP contribution is 2.25. The van der Waals surface area contributed by atoms with Crippen LogP contribution in [0.4, 0.5) is 0 Å². The van der Waals surface area contributed by atoms with Gasteiger partial charge in [-0.1, -0.05) is 45.0 Å². The standard InChI is InChI=1S/C19H28N2S/c1-4-18-15-20-19(22-18)17-12-10-16(11-13-17)9-7-8-14-21(5-2)6-3/h10-13,15H,4-9,14H2,1-3H3. The summed E-state index contributed by atoms with van der Waals surface area (Å²) in [6.45, 7) is 10.2. The molecule has 0 saturated carbocycles. The predicted molar refractivity (Wildman–Crippen MR) is 97.7 cm³/mol. The highest BCUT2D eigenvalue weighted by molar-refractivity contribution is 7.15. The van der Waals surface area contributed by atoms with Crippen molar-refractivity contribution in [1.82, 2.24) is 9.88 Å². The first-order valence-corrected chi connectivity index (χ1v) is 9.34. The maximum Gasteiger partial charge on any atom is 0.123 e. The Morgan fingerprint density at radius 1 is 1.00 bits per heavy atom. The summed E-state index contributed by atoms with van der Waals surface area (Å²) in [5.41, 5.74) is 2.69. The van der Waals surface area contributed by atoms with E-state index < -0.39 is 0 Å². The third kappa shape index (κ3) is 4.92. The zero-order valence-electron chi connectivity index (χ0n) is 14.1. The summed E-state index contributed by atoms with van der Waals surface area (Å²) in [5, 5.41) is 1.14. The van der Waals surface area contributed by atoms with E-state index >= 15 is 0 Å². The first-order chi connectivity index (χ1) is 10.8. The smallest absolute Gasteiger partial charge is 0.123 e. The van der Waals surface area contributed by atoms with Crippen molar-refractivity contribution in [2.75, 3.05) is 19.6 Å². The van der Waals surface area contributed by atoms with Gasteiger partial charge in [-0.25, -0.2) is 4.98 Å². The van der Waals surface area contributed by atoms with Crippen molar-refractivity contribution in [3.63, 3.8) is 0 Å². The van der Waals surface area contributed by atoms with Gasteiger partial charge in [-0.15, -0.1) is 11.3 Å². The van der Waals surface area contributed by atoms with Gasteiger partial charge in [-0.05, 0) is 50.9 Å². The minimum absolute atomic E-state index is 1.07. The van der Waals surface area contributed by atoms with E-state index in [4.69, 9.17) is 0 Å².